The Hall–Kier alpha value is -3.06. The van der Waals surface area contributed by atoms with Crippen molar-refractivity contribution in [3.05, 3.63) is 71.3 Å². The molecule has 1 saturated heterocycles. The zero-order valence-electron chi connectivity index (χ0n) is 17.0. The van der Waals surface area contributed by atoms with Crippen molar-refractivity contribution in [2.45, 2.75) is 32.9 Å². The molecule has 6 nitrogen and oxygen atoms in total. The van der Waals surface area contributed by atoms with Gasteiger partial charge in [0.1, 0.15) is 5.82 Å². The highest BCUT2D eigenvalue weighted by Crippen LogP contribution is 2.21. The summed E-state index contributed by atoms with van der Waals surface area (Å²) >= 11 is 0. The molecule has 0 bridgehead atoms. The fourth-order valence-corrected chi connectivity index (χ4v) is 3.71. The lowest BCUT2D eigenvalue weighted by Crippen LogP contribution is -2.42. The number of amides is 1. The molecule has 1 aliphatic rings. The van der Waals surface area contributed by atoms with Crippen LogP contribution in [0, 0.1) is 18.7 Å². The molecule has 3 aromatic rings. The number of carbonyl (C=O) groups excluding carboxylic acids is 1. The summed E-state index contributed by atoms with van der Waals surface area (Å²) in [4.78, 5) is 19.3. The maximum Gasteiger partial charge on any atom is 0.257 e. The topological polar surface area (TPSA) is 71.3 Å². The van der Waals surface area contributed by atoms with Gasteiger partial charge >= 0.3 is 0 Å². The normalized spacial score (nSPS) is 17.1. The van der Waals surface area contributed by atoms with E-state index in [0.717, 1.165) is 24.9 Å². The average Bonchev–Trinajstić information content (AvgIpc) is 3.22. The van der Waals surface area contributed by atoms with Crippen LogP contribution < -0.4 is 5.32 Å². The van der Waals surface area contributed by atoms with Crippen LogP contribution in [0.15, 0.2) is 53.1 Å². The van der Waals surface area contributed by atoms with Gasteiger partial charge in [0.05, 0.1) is 12.5 Å². The van der Waals surface area contributed by atoms with Gasteiger partial charge in [-0.2, -0.15) is 4.98 Å². The second-order valence-electron chi connectivity index (χ2n) is 7.77. The highest BCUT2D eigenvalue weighted by molar-refractivity contribution is 5.79. The lowest BCUT2D eigenvalue weighted by atomic mass is 9.97. The lowest BCUT2D eigenvalue weighted by molar-refractivity contribution is -0.127. The number of likely N-dealkylation sites (tertiary alicyclic amines) is 1. The van der Waals surface area contributed by atoms with Crippen molar-refractivity contribution in [1.29, 1.82) is 0 Å². The average molecular weight is 408 g/mol. The molecule has 2 heterocycles. The molecule has 1 fully saturated rings. The minimum Gasteiger partial charge on any atom is -0.352 e. The Morgan fingerprint density at radius 2 is 2.03 bits per heavy atom. The molecule has 1 N–H and O–H groups in total. The van der Waals surface area contributed by atoms with E-state index in [9.17, 15) is 9.18 Å². The van der Waals surface area contributed by atoms with Crippen molar-refractivity contribution in [3.63, 3.8) is 0 Å². The quantitative estimate of drug-likeness (QED) is 0.673. The third-order valence-corrected chi connectivity index (χ3v) is 5.42. The van der Waals surface area contributed by atoms with E-state index in [4.69, 9.17) is 4.52 Å². The fourth-order valence-electron chi connectivity index (χ4n) is 3.71. The van der Waals surface area contributed by atoms with Gasteiger partial charge in [0.15, 0.2) is 5.82 Å². The first-order chi connectivity index (χ1) is 14.6. The van der Waals surface area contributed by atoms with Crippen LogP contribution in [0.3, 0.4) is 0 Å². The van der Waals surface area contributed by atoms with E-state index < -0.39 is 0 Å². The van der Waals surface area contributed by atoms with Crippen LogP contribution in [0.2, 0.25) is 0 Å². The number of carbonyl (C=O) groups is 1. The molecule has 0 saturated carbocycles. The summed E-state index contributed by atoms with van der Waals surface area (Å²) in [7, 11) is 0. The molecule has 1 aromatic heterocycles. The number of halogens is 1. The van der Waals surface area contributed by atoms with Crippen LogP contribution in [0.25, 0.3) is 11.5 Å². The summed E-state index contributed by atoms with van der Waals surface area (Å²) < 4.78 is 19.2. The summed E-state index contributed by atoms with van der Waals surface area (Å²) in [5.41, 5.74) is 2.56. The third kappa shape index (κ3) is 4.91. The Morgan fingerprint density at radius 1 is 1.23 bits per heavy atom. The number of nitrogens with zero attached hydrogens (tertiary/aromatic N) is 3. The van der Waals surface area contributed by atoms with Gasteiger partial charge in [-0.15, -0.1) is 0 Å². The van der Waals surface area contributed by atoms with Crippen LogP contribution in [-0.4, -0.2) is 34.0 Å². The van der Waals surface area contributed by atoms with E-state index in [0.29, 0.717) is 30.4 Å². The van der Waals surface area contributed by atoms with Crippen molar-refractivity contribution >= 4 is 5.91 Å². The second-order valence-corrected chi connectivity index (χ2v) is 7.77. The van der Waals surface area contributed by atoms with Gasteiger partial charge in [0.2, 0.25) is 5.91 Å². The molecule has 156 valence electrons. The Bertz CT molecular complexity index is 1000. The first-order valence-corrected chi connectivity index (χ1v) is 10.2. The number of aryl methyl sites for hydroxylation is 1. The molecule has 1 aliphatic heterocycles. The van der Waals surface area contributed by atoms with Crippen molar-refractivity contribution in [2.24, 2.45) is 5.92 Å². The maximum atomic E-state index is 13.7. The van der Waals surface area contributed by atoms with Gasteiger partial charge in [-0.05, 0) is 44.5 Å². The van der Waals surface area contributed by atoms with Crippen LogP contribution in [0.1, 0.15) is 29.8 Å². The second kappa shape index (κ2) is 9.17. The number of piperidine rings is 1. The first kappa shape index (κ1) is 20.2. The van der Waals surface area contributed by atoms with Gasteiger partial charge in [-0.3, -0.25) is 9.69 Å². The summed E-state index contributed by atoms with van der Waals surface area (Å²) in [6, 6.07) is 14.4. The molecule has 0 spiro atoms. The van der Waals surface area contributed by atoms with Crippen molar-refractivity contribution < 1.29 is 13.7 Å². The van der Waals surface area contributed by atoms with E-state index in [1.807, 2.05) is 31.2 Å². The minimum atomic E-state index is -0.301. The summed E-state index contributed by atoms with van der Waals surface area (Å²) in [5.74, 6) is 0.633. The smallest absolute Gasteiger partial charge is 0.257 e. The molecule has 1 amide bonds. The summed E-state index contributed by atoms with van der Waals surface area (Å²) in [6.07, 6.45) is 1.74. The Morgan fingerprint density at radius 3 is 2.83 bits per heavy atom. The summed E-state index contributed by atoms with van der Waals surface area (Å²) in [5, 5.41) is 6.96. The Labute approximate surface area is 175 Å². The molecule has 2 aromatic carbocycles. The molecule has 7 heteroatoms. The number of benzene rings is 2. The van der Waals surface area contributed by atoms with Crippen LogP contribution in [-0.2, 0) is 17.9 Å². The van der Waals surface area contributed by atoms with Gasteiger partial charge in [-0.25, -0.2) is 4.39 Å². The molecule has 0 unspecified atom stereocenters. The first-order valence-electron chi connectivity index (χ1n) is 10.2. The van der Waals surface area contributed by atoms with Gasteiger partial charge in [-0.1, -0.05) is 41.1 Å². The molecule has 1 atom stereocenters. The number of hydrogen-bond acceptors (Lipinski definition) is 5. The Balaban J connectivity index is 1.32. The molecule has 0 radical (unpaired) electrons. The van der Waals surface area contributed by atoms with E-state index in [1.54, 1.807) is 18.2 Å². The highest BCUT2D eigenvalue weighted by Gasteiger charge is 2.26. The van der Waals surface area contributed by atoms with Crippen molar-refractivity contribution in [3.8, 4) is 11.5 Å². The lowest BCUT2D eigenvalue weighted by Gasteiger charge is -2.31. The predicted molar refractivity (Wildman–Crippen MR) is 111 cm³/mol. The molecular weight excluding hydrogens is 383 g/mol. The molecule has 0 aliphatic carbocycles. The maximum absolute atomic E-state index is 13.7. The SMILES string of the molecule is Cc1ccc(-c2nc(CN3CCC[C@H](C(=O)NCc4ccccc4F)C3)no2)cc1. The zero-order chi connectivity index (χ0) is 20.9. The fraction of sp³-hybridized carbons (Fsp3) is 0.348. The minimum absolute atomic E-state index is 0.0450. The summed E-state index contributed by atoms with van der Waals surface area (Å²) in [6.45, 7) is 4.27. The number of aromatic nitrogens is 2. The largest absolute Gasteiger partial charge is 0.352 e. The standard InChI is InChI=1S/C23H25FN4O2/c1-16-8-10-17(11-9-16)23-26-21(27-30-23)15-28-12-4-6-19(14-28)22(29)25-13-18-5-2-3-7-20(18)24/h2-3,5,7-11,19H,4,6,12-15H2,1H3,(H,25,29)/t19-/m0/s1. The third-order valence-electron chi connectivity index (χ3n) is 5.42. The number of rotatable bonds is 6. The number of hydrogen-bond donors (Lipinski definition) is 1. The van der Waals surface area contributed by atoms with E-state index in [1.165, 1.54) is 11.6 Å². The molecule has 30 heavy (non-hydrogen) atoms. The molecule has 4 rings (SSSR count). The highest BCUT2D eigenvalue weighted by atomic mass is 19.1. The van der Waals surface area contributed by atoms with Crippen molar-refractivity contribution in [2.75, 3.05) is 13.1 Å². The van der Waals surface area contributed by atoms with Gasteiger partial charge in [0.25, 0.3) is 5.89 Å². The zero-order valence-corrected chi connectivity index (χ0v) is 17.0. The predicted octanol–water partition coefficient (Wildman–Crippen LogP) is 3.71. The van der Waals surface area contributed by atoms with Crippen LogP contribution in [0.4, 0.5) is 4.39 Å². The number of nitrogens with one attached hydrogen (secondary N) is 1. The van der Waals surface area contributed by atoms with Crippen LogP contribution >= 0.6 is 0 Å². The van der Waals surface area contributed by atoms with E-state index >= 15 is 0 Å². The van der Waals surface area contributed by atoms with Gasteiger partial charge in [0, 0.05) is 24.2 Å². The van der Waals surface area contributed by atoms with E-state index in [-0.39, 0.29) is 24.2 Å². The van der Waals surface area contributed by atoms with Gasteiger partial charge < -0.3 is 9.84 Å². The Kier molecular flexibility index (Phi) is 6.18. The van der Waals surface area contributed by atoms with Crippen molar-refractivity contribution in [1.82, 2.24) is 20.4 Å². The van der Waals surface area contributed by atoms with E-state index in [2.05, 4.69) is 20.4 Å². The monoisotopic (exact) mass is 408 g/mol. The van der Waals surface area contributed by atoms with Crippen LogP contribution in [0.5, 0.6) is 0 Å². The molecular formula is C23H25FN4O2.